The van der Waals surface area contributed by atoms with Crippen molar-refractivity contribution in [2.24, 2.45) is 5.41 Å². The maximum absolute atomic E-state index is 12.7. The first-order chi connectivity index (χ1) is 13.5. The molecule has 0 aromatic heterocycles. The normalized spacial score (nSPS) is 17.7. The van der Waals surface area contributed by atoms with E-state index in [9.17, 15) is 19.2 Å². The summed E-state index contributed by atoms with van der Waals surface area (Å²) in [5, 5.41) is 3.00. The molecule has 7 heteroatoms. The highest BCUT2D eigenvalue weighted by molar-refractivity contribution is 6.22. The highest BCUT2D eigenvalue weighted by Crippen LogP contribution is 2.26. The molecule has 4 amide bonds. The number of carbonyl (C=O) groups excluding carboxylic acids is 4. The molecule has 29 heavy (non-hydrogen) atoms. The van der Waals surface area contributed by atoms with Gasteiger partial charge in [0.1, 0.15) is 0 Å². The van der Waals surface area contributed by atoms with E-state index in [0.29, 0.717) is 37.1 Å². The first-order valence-electron chi connectivity index (χ1n) is 10.1. The second kappa shape index (κ2) is 7.61. The van der Waals surface area contributed by atoms with E-state index in [4.69, 9.17) is 0 Å². The molecule has 0 radical (unpaired) electrons. The Morgan fingerprint density at radius 1 is 1.03 bits per heavy atom. The lowest BCUT2D eigenvalue weighted by atomic mass is 9.93. The Kier molecular flexibility index (Phi) is 5.52. The number of nitrogens with one attached hydrogen (secondary N) is 1. The van der Waals surface area contributed by atoms with Crippen molar-refractivity contribution in [1.29, 1.82) is 0 Å². The Balaban J connectivity index is 1.64. The molecule has 1 aromatic rings. The molecule has 3 rings (SSSR count). The molecule has 0 unspecified atom stereocenters. The standard InChI is InChI=1S/C22H29N3O4/c1-13(2)25-19(27)16-7-6-14(12-17(16)20(25)28)18(26)23-15-8-10-24(11-9-15)21(29)22(3,4)5/h6-7,12-13,15H,8-11H2,1-5H3,(H,23,26). The van der Waals surface area contributed by atoms with Gasteiger partial charge in [-0.3, -0.25) is 24.1 Å². The zero-order chi connectivity index (χ0) is 21.5. The fourth-order valence-corrected chi connectivity index (χ4v) is 3.84. The summed E-state index contributed by atoms with van der Waals surface area (Å²) >= 11 is 0. The van der Waals surface area contributed by atoms with Crippen molar-refractivity contribution in [2.75, 3.05) is 13.1 Å². The van der Waals surface area contributed by atoms with Crippen molar-refractivity contribution >= 4 is 23.6 Å². The van der Waals surface area contributed by atoms with Crippen LogP contribution < -0.4 is 5.32 Å². The molecule has 1 fully saturated rings. The smallest absolute Gasteiger partial charge is 0.261 e. The monoisotopic (exact) mass is 399 g/mol. The number of imide groups is 1. The molecule has 1 saturated heterocycles. The van der Waals surface area contributed by atoms with Gasteiger partial charge in [0.15, 0.2) is 0 Å². The molecule has 0 saturated carbocycles. The zero-order valence-corrected chi connectivity index (χ0v) is 17.7. The largest absolute Gasteiger partial charge is 0.349 e. The highest BCUT2D eigenvalue weighted by Gasteiger charge is 2.37. The fourth-order valence-electron chi connectivity index (χ4n) is 3.84. The van der Waals surface area contributed by atoms with E-state index in [1.165, 1.54) is 11.0 Å². The van der Waals surface area contributed by atoms with E-state index in [1.807, 2.05) is 25.7 Å². The highest BCUT2D eigenvalue weighted by atomic mass is 16.2. The minimum absolute atomic E-state index is 0.0238. The third kappa shape index (κ3) is 4.04. The summed E-state index contributed by atoms with van der Waals surface area (Å²) in [6.07, 6.45) is 1.38. The van der Waals surface area contributed by atoms with Gasteiger partial charge in [-0.05, 0) is 44.9 Å². The fraction of sp³-hybridized carbons (Fsp3) is 0.545. The SMILES string of the molecule is CC(C)N1C(=O)c2ccc(C(=O)NC3CCN(C(=O)C(C)(C)C)CC3)cc2C1=O. The molecule has 0 aliphatic carbocycles. The van der Waals surface area contributed by atoms with Crippen LogP contribution in [0, 0.1) is 5.41 Å². The van der Waals surface area contributed by atoms with E-state index >= 15 is 0 Å². The summed E-state index contributed by atoms with van der Waals surface area (Å²) in [6.45, 7) is 10.5. The van der Waals surface area contributed by atoms with Crippen molar-refractivity contribution in [3.63, 3.8) is 0 Å². The summed E-state index contributed by atoms with van der Waals surface area (Å²) in [5.41, 5.74) is 0.578. The van der Waals surface area contributed by atoms with Crippen LogP contribution in [0.1, 0.15) is 78.5 Å². The number of benzene rings is 1. The number of amides is 4. The second-order valence-corrected chi connectivity index (χ2v) is 9.12. The first kappa shape index (κ1) is 21.0. The maximum Gasteiger partial charge on any atom is 0.261 e. The van der Waals surface area contributed by atoms with Gasteiger partial charge in [0.05, 0.1) is 11.1 Å². The number of likely N-dealkylation sites (tertiary alicyclic amines) is 1. The predicted molar refractivity (Wildman–Crippen MR) is 109 cm³/mol. The van der Waals surface area contributed by atoms with Gasteiger partial charge in [-0.15, -0.1) is 0 Å². The Morgan fingerprint density at radius 2 is 1.62 bits per heavy atom. The lowest BCUT2D eigenvalue weighted by molar-refractivity contribution is -0.140. The van der Waals surface area contributed by atoms with Crippen LogP contribution in [0.15, 0.2) is 18.2 Å². The quantitative estimate of drug-likeness (QED) is 0.791. The number of hydrogen-bond donors (Lipinski definition) is 1. The van der Waals surface area contributed by atoms with Crippen molar-refractivity contribution < 1.29 is 19.2 Å². The van der Waals surface area contributed by atoms with Gasteiger partial charge >= 0.3 is 0 Å². The van der Waals surface area contributed by atoms with Gasteiger partial charge in [-0.25, -0.2) is 0 Å². The molecule has 156 valence electrons. The van der Waals surface area contributed by atoms with Crippen molar-refractivity contribution in [3.05, 3.63) is 34.9 Å². The topological polar surface area (TPSA) is 86.8 Å². The average Bonchev–Trinajstić information content (AvgIpc) is 2.91. The summed E-state index contributed by atoms with van der Waals surface area (Å²) in [7, 11) is 0. The Hall–Kier alpha value is -2.70. The van der Waals surface area contributed by atoms with Gasteiger partial charge in [0, 0.05) is 36.2 Å². The summed E-state index contributed by atoms with van der Waals surface area (Å²) in [5.74, 6) is -0.818. The Labute approximate surface area is 171 Å². The van der Waals surface area contributed by atoms with Gasteiger partial charge in [-0.2, -0.15) is 0 Å². The third-order valence-electron chi connectivity index (χ3n) is 5.46. The molecular weight excluding hydrogens is 370 g/mol. The Morgan fingerprint density at radius 3 is 2.17 bits per heavy atom. The number of fused-ring (bicyclic) bond motifs is 1. The molecule has 2 aliphatic heterocycles. The van der Waals surface area contributed by atoms with Crippen molar-refractivity contribution in [3.8, 4) is 0 Å². The van der Waals surface area contributed by atoms with E-state index in [1.54, 1.807) is 26.0 Å². The first-order valence-corrected chi connectivity index (χ1v) is 10.1. The molecule has 0 atom stereocenters. The summed E-state index contributed by atoms with van der Waals surface area (Å²) in [6, 6.07) is 4.38. The minimum atomic E-state index is -0.408. The van der Waals surface area contributed by atoms with Crippen molar-refractivity contribution in [1.82, 2.24) is 15.1 Å². The van der Waals surface area contributed by atoms with Gasteiger partial charge < -0.3 is 10.2 Å². The maximum atomic E-state index is 12.7. The van der Waals surface area contributed by atoms with E-state index < -0.39 is 5.41 Å². The molecule has 1 N–H and O–H groups in total. The van der Waals surface area contributed by atoms with E-state index in [2.05, 4.69) is 5.32 Å². The van der Waals surface area contributed by atoms with E-state index in [0.717, 1.165) is 0 Å². The molecule has 0 spiro atoms. The zero-order valence-electron chi connectivity index (χ0n) is 17.7. The number of carbonyl (C=O) groups is 4. The van der Waals surface area contributed by atoms with Crippen LogP contribution in [-0.2, 0) is 4.79 Å². The van der Waals surface area contributed by atoms with Gasteiger partial charge in [-0.1, -0.05) is 20.8 Å². The van der Waals surface area contributed by atoms with Crippen LogP contribution in [0.25, 0.3) is 0 Å². The second-order valence-electron chi connectivity index (χ2n) is 9.12. The summed E-state index contributed by atoms with van der Waals surface area (Å²) < 4.78 is 0. The van der Waals surface area contributed by atoms with Crippen LogP contribution in [0.3, 0.4) is 0 Å². The van der Waals surface area contributed by atoms with Crippen LogP contribution in [0.2, 0.25) is 0 Å². The molecule has 2 aliphatic rings. The van der Waals surface area contributed by atoms with Crippen molar-refractivity contribution in [2.45, 2.75) is 59.5 Å². The van der Waals surface area contributed by atoms with Gasteiger partial charge in [0.25, 0.3) is 17.7 Å². The number of piperidine rings is 1. The molecule has 7 nitrogen and oxygen atoms in total. The van der Waals surface area contributed by atoms with Crippen LogP contribution in [-0.4, -0.2) is 58.6 Å². The number of hydrogen-bond acceptors (Lipinski definition) is 4. The number of nitrogens with zero attached hydrogens (tertiary/aromatic N) is 2. The van der Waals surface area contributed by atoms with Crippen LogP contribution >= 0.6 is 0 Å². The number of rotatable bonds is 3. The lowest BCUT2D eigenvalue weighted by Crippen LogP contribution is -2.49. The molecular formula is C22H29N3O4. The average molecular weight is 399 g/mol. The van der Waals surface area contributed by atoms with E-state index in [-0.39, 0.29) is 41.3 Å². The molecule has 0 bridgehead atoms. The van der Waals surface area contributed by atoms with Crippen LogP contribution in [0.4, 0.5) is 0 Å². The lowest BCUT2D eigenvalue weighted by Gasteiger charge is -2.36. The molecule has 1 aromatic carbocycles. The minimum Gasteiger partial charge on any atom is -0.349 e. The van der Waals surface area contributed by atoms with Gasteiger partial charge in [0.2, 0.25) is 5.91 Å². The Bertz CT molecular complexity index is 861. The third-order valence-corrected chi connectivity index (χ3v) is 5.46. The van der Waals surface area contributed by atoms with Crippen LogP contribution in [0.5, 0.6) is 0 Å². The molecule has 2 heterocycles. The summed E-state index contributed by atoms with van der Waals surface area (Å²) in [4.78, 5) is 53.0. The predicted octanol–water partition coefficient (Wildman–Crippen LogP) is 2.46.